The molecule has 1 saturated carbocycles. The molecule has 0 saturated heterocycles. The van der Waals surface area contributed by atoms with Crippen LogP contribution in [0, 0.1) is 11.8 Å². The van der Waals surface area contributed by atoms with Crippen molar-refractivity contribution < 1.29 is 0 Å². The minimum absolute atomic E-state index is 0.250. The first-order chi connectivity index (χ1) is 11.5. The largest absolute Gasteiger partial charge is 0.324 e. The van der Waals surface area contributed by atoms with Crippen molar-refractivity contribution >= 4 is 0 Å². The Labute approximate surface area is 155 Å². The third-order valence-corrected chi connectivity index (χ3v) is 3.83. The van der Waals surface area contributed by atoms with Crippen LogP contribution in [-0.4, -0.2) is 6.04 Å². The molecule has 1 aliphatic rings. The Bertz CT molecular complexity index is 222. The molecular weight excluding hydrogens is 290 g/mol. The summed E-state index contributed by atoms with van der Waals surface area (Å²) in [7, 11) is 0. The molecule has 0 spiro atoms. The highest BCUT2D eigenvalue weighted by Crippen LogP contribution is 2.29. The first-order valence-electron chi connectivity index (χ1n) is 9.90. The van der Waals surface area contributed by atoms with Crippen molar-refractivity contribution in [2.75, 3.05) is 0 Å². The van der Waals surface area contributed by atoms with E-state index in [0.29, 0.717) is 11.8 Å². The minimum atomic E-state index is 0.250. The van der Waals surface area contributed by atoms with Gasteiger partial charge in [0.15, 0.2) is 0 Å². The summed E-state index contributed by atoms with van der Waals surface area (Å²) < 4.78 is 0. The standard InChI is InChI=1S/C12H23N.C4H10.C3H8.2C2H4/c1-9(2)10(3)12(13)11-7-5-4-6-8-11;1-3-4-2;1-3-2;2*1-2/h9,11-12H,3-8,13H2,1-2H3;3-4H2,1-2H3;3H2,1-2H3;2*1-2H2. The Morgan fingerprint density at radius 2 is 1.21 bits per heavy atom. The monoisotopic (exact) mass is 339 g/mol. The second kappa shape index (κ2) is 27.0. The SMILES string of the molecule is C=C.C=C.C=C(C(C)C)C(N)C1CCCCC1.CCC.CCCC. The number of hydrogen-bond acceptors (Lipinski definition) is 1. The van der Waals surface area contributed by atoms with Gasteiger partial charge in [-0.15, -0.1) is 26.3 Å². The van der Waals surface area contributed by atoms with Crippen LogP contribution in [0.15, 0.2) is 38.5 Å². The van der Waals surface area contributed by atoms with E-state index in [4.69, 9.17) is 5.73 Å². The van der Waals surface area contributed by atoms with Crippen molar-refractivity contribution in [2.45, 2.75) is 99.0 Å². The zero-order valence-electron chi connectivity index (χ0n) is 18.0. The molecule has 0 aliphatic heterocycles. The van der Waals surface area contributed by atoms with Gasteiger partial charge in [-0.1, -0.05) is 92.2 Å². The van der Waals surface area contributed by atoms with Gasteiger partial charge >= 0.3 is 0 Å². The third-order valence-electron chi connectivity index (χ3n) is 3.83. The lowest BCUT2D eigenvalue weighted by Crippen LogP contribution is -2.34. The van der Waals surface area contributed by atoms with Crippen molar-refractivity contribution in [1.29, 1.82) is 0 Å². The fraction of sp³-hybridized carbons (Fsp3) is 0.739. The van der Waals surface area contributed by atoms with E-state index in [-0.39, 0.29) is 6.04 Å². The second-order valence-electron chi connectivity index (χ2n) is 6.36. The Kier molecular flexibility index (Phi) is 34.9. The summed E-state index contributed by atoms with van der Waals surface area (Å²) in [5.41, 5.74) is 7.44. The maximum Gasteiger partial charge on any atom is 0.0282 e. The molecule has 146 valence electrons. The van der Waals surface area contributed by atoms with E-state index < -0.39 is 0 Å². The van der Waals surface area contributed by atoms with Crippen LogP contribution in [0.4, 0.5) is 0 Å². The van der Waals surface area contributed by atoms with Crippen LogP contribution in [0.1, 0.15) is 92.9 Å². The zero-order chi connectivity index (χ0) is 20.0. The van der Waals surface area contributed by atoms with Gasteiger partial charge in [0, 0.05) is 6.04 Å². The molecule has 24 heavy (non-hydrogen) atoms. The maximum atomic E-state index is 6.19. The summed E-state index contributed by atoms with van der Waals surface area (Å²) in [6.45, 7) is 29.1. The van der Waals surface area contributed by atoms with Crippen LogP contribution in [0.5, 0.6) is 0 Å². The highest BCUT2D eigenvalue weighted by molar-refractivity contribution is 5.09. The van der Waals surface area contributed by atoms with Gasteiger partial charge < -0.3 is 5.73 Å². The molecule has 1 rings (SSSR count). The van der Waals surface area contributed by atoms with E-state index in [1.807, 2.05) is 0 Å². The van der Waals surface area contributed by atoms with Crippen LogP contribution < -0.4 is 5.73 Å². The van der Waals surface area contributed by atoms with Gasteiger partial charge in [-0.05, 0) is 24.7 Å². The summed E-state index contributed by atoms with van der Waals surface area (Å²) in [6, 6.07) is 0.250. The molecule has 1 atom stereocenters. The Balaban J connectivity index is -0.000000152. The molecule has 1 fully saturated rings. The summed E-state index contributed by atoms with van der Waals surface area (Å²) in [6.07, 6.45) is 10.6. The van der Waals surface area contributed by atoms with E-state index in [0.717, 1.165) is 0 Å². The summed E-state index contributed by atoms with van der Waals surface area (Å²) >= 11 is 0. The number of nitrogens with two attached hydrogens (primary N) is 1. The third kappa shape index (κ3) is 21.2. The van der Waals surface area contributed by atoms with Crippen molar-refractivity contribution in [3.05, 3.63) is 38.5 Å². The van der Waals surface area contributed by atoms with Gasteiger partial charge in [-0.3, -0.25) is 0 Å². The fourth-order valence-corrected chi connectivity index (χ4v) is 2.18. The summed E-state index contributed by atoms with van der Waals surface area (Å²) in [5, 5.41) is 0. The Hall–Kier alpha value is -0.820. The second-order valence-corrected chi connectivity index (χ2v) is 6.36. The number of hydrogen-bond donors (Lipinski definition) is 1. The first kappa shape index (κ1) is 31.0. The predicted octanol–water partition coefficient (Wildman–Crippen LogP) is 7.93. The van der Waals surface area contributed by atoms with Crippen LogP contribution in [-0.2, 0) is 0 Å². The zero-order valence-corrected chi connectivity index (χ0v) is 18.0. The van der Waals surface area contributed by atoms with Gasteiger partial charge in [-0.25, -0.2) is 0 Å². The quantitative estimate of drug-likeness (QED) is 0.517. The lowest BCUT2D eigenvalue weighted by Gasteiger charge is -2.30. The average Bonchev–Trinajstić information content (AvgIpc) is 2.65. The van der Waals surface area contributed by atoms with Gasteiger partial charge in [0.1, 0.15) is 0 Å². The number of unbranched alkanes of at least 4 members (excludes halogenated alkanes) is 1. The summed E-state index contributed by atoms with van der Waals surface area (Å²) in [4.78, 5) is 0. The molecule has 2 N–H and O–H groups in total. The fourth-order valence-electron chi connectivity index (χ4n) is 2.18. The molecular formula is C23H49N. The first-order valence-corrected chi connectivity index (χ1v) is 9.90. The van der Waals surface area contributed by atoms with Crippen LogP contribution in [0.25, 0.3) is 0 Å². The Morgan fingerprint density at radius 1 is 0.875 bits per heavy atom. The topological polar surface area (TPSA) is 26.0 Å². The lowest BCUT2D eigenvalue weighted by molar-refractivity contribution is 0.317. The molecule has 0 heterocycles. The molecule has 0 bridgehead atoms. The molecule has 0 aromatic heterocycles. The normalized spacial score (nSPS) is 14.2. The lowest BCUT2D eigenvalue weighted by atomic mass is 9.79. The van der Waals surface area contributed by atoms with E-state index in [1.165, 1.54) is 56.9 Å². The van der Waals surface area contributed by atoms with Gasteiger partial charge in [0.05, 0.1) is 0 Å². The molecule has 0 amide bonds. The van der Waals surface area contributed by atoms with Crippen molar-refractivity contribution in [3.8, 4) is 0 Å². The molecule has 0 radical (unpaired) electrons. The van der Waals surface area contributed by atoms with E-state index in [2.05, 4.69) is 74.4 Å². The highest BCUT2D eigenvalue weighted by Gasteiger charge is 2.23. The van der Waals surface area contributed by atoms with Gasteiger partial charge in [0.2, 0.25) is 0 Å². The molecule has 1 heteroatoms. The number of rotatable bonds is 4. The minimum Gasteiger partial charge on any atom is -0.324 e. The van der Waals surface area contributed by atoms with Crippen LogP contribution in [0.3, 0.4) is 0 Å². The molecule has 1 nitrogen and oxygen atoms in total. The van der Waals surface area contributed by atoms with Crippen molar-refractivity contribution in [2.24, 2.45) is 17.6 Å². The molecule has 0 aromatic carbocycles. The molecule has 0 aromatic rings. The van der Waals surface area contributed by atoms with E-state index in [9.17, 15) is 0 Å². The molecule has 1 unspecified atom stereocenters. The predicted molar refractivity (Wildman–Crippen MR) is 118 cm³/mol. The van der Waals surface area contributed by atoms with Crippen LogP contribution in [0.2, 0.25) is 0 Å². The smallest absolute Gasteiger partial charge is 0.0282 e. The van der Waals surface area contributed by atoms with Crippen LogP contribution >= 0.6 is 0 Å². The van der Waals surface area contributed by atoms with E-state index in [1.54, 1.807) is 0 Å². The van der Waals surface area contributed by atoms with Gasteiger partial charge in [-0.2, -0.15) is 0 Å². The highest BCUT2D eigenvalue weighted by atomic mass is 14.7. The maximum absolute atomic E-state index is 6.19. The Morgan fingerprint density at radius 3 is 1.46 bits per heavy atom. The van der Waals surface area contributed by atoms with Crippen molar-refractivity contribution in [1.82, 2.24) is 0 Å². The summed E-state index contributed by atoms with van der Waals surface area (Å²) in [5.74, 6) is 1.25. The average molecular weight is 340 g/mol. The van der Waals surface area contributed by atoms with Crippen molar-refractivity contribution in [3.63, 3.8) is 0 Å². The molecule has 1 aliphatic carbocycles. The van der Waals surface area contributed by atoms with Gasteiger partial charge in [0.25, 0.3) is 0 Å². The van der Waals surface area contributed by atoms with E-state index >= 15 is 0 Å².